The molecule has 2 rings (SSSR count). The lowest BCUT2D eigenvalue weighted by Gasteiger charge is -2.13. The fourth-order valence-electron chi connectivity index (χ4n) is 1.87. The zero-order valence-electron chi connectivity index (χ0n) is 11.9. The van der Waals surface area contributed by atoms with Gasteiger partial charge in [-0.3, -0.25) is 0 Å². The van der Waals surface area contributed by atoms with Gasteiger partial charge < -0.3 is 15.2 Å². The maximum atomic E-state index is 4.53. The van der Waals surface area contributed by atoms with E-state index in [-0.39, 0.29) is 0 Å². The van der Waals surface area contributed by atoms with Crippen LogP contribution in [-0.4, -0.2) is 26.6 Å². The molecular weight excluding hydrogens is 240 g/mol. The first-order valence-electron chi connectivity index (χ1n) is 6.41. The molecule has 0 spiro atoms. The molecule has 0 aliphatic carbocycles. The molecule has 0 bridgehead atoms. The average molecular weight is 260 g/mol. The van der Waals surface area contributed by atoms with Crippen LogP contribution in [0.3, 0.4) is 0 Å². The van der Waals surface area contributed by atoms with Crippen LogP contribution in [0.2, 0.25) is 0 Å². The van der Waals surface area contributed by atoms with Crippen molar-refractivity contribution in [3.63, 3.8) is 0 Å². The van der Waals surface area contributed by atoms with Gasteiger partial charge >= 0.3 is 0 Å². The quantitative estimate of drug-likeness (QED) is 0.857. The highest BCUT2D eigenvalue weighted by molar-refractivity contribution is 5.56. The summed E-state index contributed by atoms with van der Waals surface area (Å²) in [7, 11) is 3.85. The normalized spacial score (nSPS) is 10.5. The highest BCUT2D eigenvalue weighted by Gasteiger charge is 2.09. The van der Waals surface area contributed by atoms with Gasteiger partial charge in [0.25, 0.3) is 0 Å². The lowest BCUT2D eigenvalue weighted by atomic mass is 10.3. The molecule has 0 aliphatic rings. The van der Waals surface area contributed by atoms with E-state index in [1.54, 1.807) is 6.20 Å². The molecule has 0 aromatic carbocycles. The molecule has 2 heterocycles. The van der Waals surface area contributed by atoms with Crippen molar-refractivity contribution >= 4 is 11.6 Å². The Morgan fingerprint density at radius 3 is 2.58 bits per heavy atom. The summed E-state index contributed by atoms with van der Waals surface area (Å²) in [6.07, 6.45) is 4.53. The third-order valence-corrected chi connectivity index (χ3v) is 3.08. The van der Waals surface area contributed by atoms with Gasteiger partial charge in [-0.25, -0.2) is 15.0 Å². The molecule has 6 nitrogen and oxygen atoms in total. The van der Waals surface area contributed by atoms with Gasteiger partial charge in [-0.1, -0.05) is 6.92 Å². The number of aryl methyl sites for hydroxylation is 2. The highest BCUT2D eigenvalue weighted by atomic mass is 15.1. The number of hydrogen-bond donors (Lipinski definition) is 2. The molecule has 19 heavy (non-hydrogen) atoms. The Labute approximate surface area is 113 Å². The number of rotatable bonds is 5. The van der Waals surface area contributed by atoms with Crippen molar-refractivity contribution in [3.05, 3.63) is 29.6 Å². The topological polar surface area (TPSA) is 67.7 Å². The Bertz CT molecular complexity index is 560. The predicted molar refractivity (Wildman–Crippen MR) is 76.2 cm³/mol. The van der Waals surface area contributed by atoms with Crippen molar-refractivity contribution in [1.29, 1.82) is 0 Å². The maximum Gasteiger partial charge on any atom is 0.135 e. The molecule has 0 unspecified atom stereocenters. The first-order chi connectivity index (χ1) is 9.15. The van der Waals surface area contributed by atoms with E-state index >= 15 is 0 Å². The van der Waals surface area contributed by atoms with E-state index in [0.717, 1.165) is 35.3 Å². The van der Waals surface area contributed by atoms with E-state index in [1.165, 1.54) is 0 Å². The van der Waals surface area contributed by atoms with Crippen molar-refractivity contribution in [1.82, 2.24) is 19.5 Å². The molecule has 102 valence electrons. The zero-order valence-corrected chi connectivity index (χ0v) is 11.9. The minimum Gasteiger partial charge on any atom is -0.373 e. The van der Waals surface area contributed by atoms with E-state index in [1.807, 2.05) is 38.7 Å². The Kier molecular flexibility index (Phi) is 3.99. The van der Waals surface area contributed by atoms with Crippen LogP contribution >= 0.6 is 0 Å². The summed E-state index contributed by atoms with van der Waals surface area (Å²) in [6.45, 7) is 4.70. The largest absolute Gasteiger partial charge is 0.373 e. The van der Waals surface area contributed by atoms with Gasteiger partial charge in [-0.2, -0.15) is 0 Å². The molecule has 2 N–H and O–H groups in total. The van der Waals surface area contributed by atoms with Crippen LogP contribution in [0.25, 0.3) is 0 Å². The Morgan fingerprint density at radius 2 is 2.00 bits per heavy atom. The van der Waals surface area contributed by atoms with Crippen molar-refractivity contribution in [3.8, 4) is 0 Å². The van der Waals surface area contributed by atoms with Crippen LogP contribution < -0.4 is 10.6 Å². The summed E-state index contributed by atoms with van der Waals surface area (Å²) in [5, 5.41) is 6.43. The third kappa shape index (κ3) is 2.83. The second-order valence-electron chi connectivity index (χ2n) is 4.37. The summed E-state index contributed by atoms with van der Waals surface area (Å²) in [6, 6.07) is 0. The second kappa shape index (κ2) is 5.69. The van der Waals surface area contributed by atoms with Crippen molar-refractivity contribution in [2.75, 3.05) is 17.7 Å². The van der Waals surface area contributed by atoms with E-state index in [4.69, 9.17) is 0 Å². The van der Waals surface area contributed by atoms with E-state index in [0.29, 0.717) is 6.54 Å². The number of imidazole rings is 1. The maximum absolute atomic E-state index is 4.53. The van der Waals surface area contributed by atoms with Gasteiger partial charge in [0.15, 0.2) is 0 Å². The monoisotopic (exact) mass is 260 g/mol. The zero-order chi connectivity index (χ0) is 13.8. The molecule has 0 radical (unpaired) electrons. The fraction of sp³-hybridized carbons (Fsp3) is 0.462. The molecule has 6 heteroatoms. The van der Waals surface area contributed by atoms with Crippen LogP contribution in [0.4, 0.5) is 11.6 Å². The predicted octanol–water partition coefficient (Wildman–Crippen LogP) is 1.73. The minimum atomic E-state index is 0.646. The average Bonchev–Trinajstić information content (AvgIpc) is 2.83. The SMILES string of the molecule is CCc1nc(NC)c(C)c(NCc2nccn2C)n1. The number of nitrogens with one attached hydrogen (secondary N) is 2. The summed E-state index contributed by atoms with van der Waals surface area (Å²) >= 11 is 0. The summed E-state index contributed by atoms with van der Waals surface area (Å²) in [5.74, 6) is 3.53. The molecule has 0 fully saturated rings. The van der Waals surface area contributed by atoms with Crippen molar-refractivity contribution in [2.45, 2.75) is 26.8 Å². The standard InChI is InChI=1S/C13H20N6/c1-5-10-17-12(14-3)9(2)13(18-10)16-8-11-15-6-7-19(11)4/h6-7H,5,8H2,1-4H3,(H2,14,16,17,18). The van der Waals surface area contributed by atoms with E-state index in [2.05, 4.69) is 25.6 Å². The van der Waals surface area contributed by atoms with Gasteiger partial charge in [0.05, 0.1) is 6.54 Å². The van der Waals surface area contributed by atoms with Gasteiger partial charge in [0.2, 0.25) is 0 Å². The Morgan fingerprint density at radius 1 is 1.26 bits per heavy atom. The fourth-order valence-corrected chi connectivity index (χ4v) is 1.87. The van der Waals surface area contributed by atoms with Gasteiger partial charge in [-0.05, 0) is 6.92 Å². The summed E-state index contributed by atoms with van der Waals surface area (Å²) in [5.41, 5.74) is 1.02. The van der Waals surface area contributed by atoms with Crippen molar-refractivity contribution in [2.24, 2.45) is 7.05 Å². The van der Waals surface area contributed by atoms with Crippen LogP contribution in [0.1, 0.15) is 24.1 Å². The molecule has 2 aromatic rings. The number of anilines is 2. The molecule has 2 aromatic heterocycles. The minimum absolute atomic E-state index is 0.646. The first-order valence-corrected chi connectivity index (χ1v) is 6.41. The van der Waals surface area contributed by atoms with Crippen LogP contribution in [0.5, 0.6) is 0 Å². The van der Waals surface area contributed by atoms with Gasteiger partial charge in [-0.15, -0.1) is 0 Å². The lowest BCUT2D eigenvalue weighted by Crippen LogP contribution is -2.11. The molecule has 0 amide bonds. The Balaban J connectivity index is 2.22. The lowest BCUT2D eigenvalue weighted by molar-refractivity contribution is 0.807. The number of nitrogens with zero attached hydrogens (tertiary/aromatic N) is 4. The summed E-state index contributed by atoms with van der Waals surface area (Å²) in [4.78, 5) is 13.3. The van der Waals surface area contributed by atoms with E-state index in [9.17, 15) is 0 Å². The van der Waals surface area contributed by atoms with Crippen LogP contribution in [0, 0.1) is 6.92 Å². The molecule has 0 atom stereocenters. The number of aromatic nitrogens is 4. The first kappa shape index (κ1) is 13.3. The number of hydrogen-bond acceptors (Lipinski definition) is 5. The molecule has 0 saturated heterocycles. The van der Waals surface area contributed by atoms with Crippen LogP contribution in [0.15, 0.2) is 12.4 Å². The van der Waals surface area contributed by atoms with Crippen molar-refractivity contribution < 1.29 is 0 Å². The molecular formula is C13H20N6. The molecule has 0 saturated carbocycles. The smallest absolute Gasteiger partial charge is 0.135 e. The highest BCUT2D eigenvalue weighted by Crippen LogP contribution is 2.20. The van der Waals surface area contributed by atoms with Gasteiger partial charge in [0.1, 0.15) is 23.3 Å². The molecule has 0 aliphatic heterocycles. The second-order valence-corrected chi connectivity index (χ2v) is 4.37. The van der Waals surface area contributed by atoms with Gasteiger partial charge in [0, 0.05) is 38.5 Å². The van der Waals surface area contributed by atoms with Crippen LogP contribution in [-0.2, 0) is 20.0 Å². The Hall–Kier alpha value is -2.11. The van der Waals surface area contributed by atoms with E-state index < -0.39 is 0 Å². The summed E-state index contributed by atoms with van der Waals surface area (Å²) < 4.78 is 1.99. The third-order valence-electron chi connectivity index (χ3n) is 3.08.